The summed E-state index contributed by atoms with van der Waals surface area (Å²) in [5.74, 6) is 0.246. The van der Waals surface area contributed by atoms with Crippen molar-refractivity contribution in [1.82, 2.24) is 5.32 Å². The Morgan fingerprint density at radius 3 is 2.72 bits per heavy atom. The number of aliphatic imine (C=N–C) groups is 1. The molecule has 0 spiro atoms. The Morgan fingerprint density at radius 1 is 1.31 bits per heavy atom. The fourth-order valence-electron chi connectivity index (χ4n) is 3.79. The van der Waals surface area contributed by atoms with Gasteiger partial charge in [0.05, 0.1) is 19.3 Å². The molecule has 1 unspecified atom stereocenters. The number of rotatable bonds is 13. The Kier molecular flexibility index (Phi) is 9.43. The first-order valence-electron chi connectivity index (χ1n) is 11.4. The molecule has 190 valence electrons. The number of nitrogens with one attached hydrogen (secondary N) is 1. The van der Waals surface area contributed by atoms with E-state index in [2.05, 4.69) is 21.9 Å². The Morgan fingerprint density at radius 2 is 2.06 bits per heavy atom. The third-order valence-electron chi connectivity index (χ3n) is 5.57. The largest absolute Gasteiger partial charge is 0.494 e. The number of benzene rings is 2. The second kappa shape index (κ2) is 12.7. The van der Waals surface area contributed by atoms with Gasteiger partial charge >= 0.3 is 0 Å². The SMILES string of the molecule is C=CC[C@]1(C(=O)NCC(O)CO)N=C(c2ccc(OCCCO)cc2)O[C@H]1c1ccccc1N=[N+]=[N-]. The fraction of sp³-hybridized carbons (Fsp3) is 0.360. The van der Waals surface area contributed by atoms with Gasteiger partial charge in [0, 0.05) is 47.7 Å². The Balaban J connectivity index is 2.03. The van der Waals surface area contributed by atoms with E-state index in [1.807, 2.05) is 0 Å². The van der Waals surface area contributed by atoms with Crippen LogP contribution in [0, 0.1) is 0 Å². The third kappa shape index (κ3) is 6.02. The molecule has 1 amide bonds. The van der Waals surface area contributed by atoms with Gasteiger partial charge in [0.2, 0.25) is 5.90 Å². The normalized spacial score (nSPS) is 19.4. The van der Waals surface area contributed by atoms with Crippen LogP contribution in [0.25, 0.3) is 10.4 Å². The third-order valence-corrected chi connectivity index (χ3v) is 5.57. The molecule has 1 aliphatic rings. The molecule has 0 aliphatic carbocycles. The van der Waals surface area contributed by atoms with E-state index in [-0.39, 0.29) is 31.2 Å². The van der Waals surface area contributed by atoms with Crippen LogP contribution in [0.2, 0.25) is 0 Å². The van der Waals surface area contributed by atoms with Crippen molar-refractivity contribution < 1.29 is 29.6 Å². The highest BCUT2D eigenvalue weighted by Gasteiger charge is 2.53. The number of ether oxygens (including phenoxy) is 2. The van der Waals surface area contributed by atoms with E-state index in [4.69, 9.17) is 30.2 Å². The lowest BCUT2D eigenvalue weighted by atomic mass is 9.84. The van der Waals surface area contributed by atoms with Crippen molar-refractivity contribution in [2.75, 3.05) is 26.4 Å². The summed E-state index contributed by atoms with van der Waals surface area (Å²) in [5, 5.41) is 34.2. The van der Waals surface area contributed by atoms with Gasteiger partial charge in [-0.1, -0.05) is 35.5 Å². The minimum atomic E-state index is -1.52. The lowest BCUT2D eigenvalue weighted by Crippen LogP contribution is -2.50. The number of aliphatic hydroxyl groups excluding tert-OH is 3. The summed E-state index contributed by atoms with van der Waals surface area (Å²) in [6, 6.07) is 13.7. The number of carbonyl (C=O) groups excluding carboxylic acids is 1. The van der Waals surface area contributed by atoms with Crippen LogP contribution in [0.15, 0.2) is 71.3 Å². The number of aliphatic hydroxyl groups is 3. The summed E-state index contributed by atoms with van der Waals surface area (Å²) in [7, 11) is 0. The summed E-state index contributed by atoms with van der Waals surface area (Å²) in [4.78, 5) is 21.1. The van der Waals surface area contributed by atoms with Crippen LogP contribution in [0.4, 0.5) is 5.69 Å². The van der Waals surface area contributed by atoms with Crippen molar-refractivity contribution in [2.24, 2.45) is 10.1 Å². The van der Waals surface area contributed by atoms with Crippen molar-refractivity contribution in [2.45, 2.75) is 30.6 Å². The molecule has 3 rings (SSSR count). The van der Waals surface area contributed by atoms with Crippen molar-refractivity contribution >= 4 is 17.5 Å². The van der Waals surface area contributed by atoms with Crippen LogP contribution in [-0.4, -0.2) is 65.1 Å². The summed E-state index contributed by atoms with van der Waals surface area (Å²) in [6.07, 6.45) is 0.00854. The van der Waals surface area contributed by atoms with E-state index >= 15 is 0 Å². The second-order valence-corrected chi connectivity index (χ2v) is 8.08. The van der Waals surface area contributed by atoms with E-state index in [0.29, 0.717) is 29.9 Å². The van der Waals surface area contributed by atoms with Gasteiger partial charge in [-0.15, -0.1) is 6.58 Å². The molecule has 2 aromatic carbocycles. The van der Waals surface area contributed by atoms with Crippen LogP contribution < -0.4 is 10.1 Å². The van der Waals surface area contributed by atoms with Gasteiger partial charge in [0.25, 0.3) is 5.91 Å². The minimum absolute atomic E-state index is 0.0320. The van der Waals surface area contributed by atoms with Gasteiger partial charge in [-0.2, -0.15) is 0 Å². The summed E-state index contributed by atoms with van der Waals surface area (Å²) in [5.41, 5.74) is 8.85. The predicted octanol–water partition coefficient (Wildman–Crippen LogP) is 2.69. The quantitative estimate of drug-likeness (QED) is 0.109. The lowest BCUT2D eigenvalue weighted by molar-refractivity contribution is -0.129. The Labute approximate surface area is 208 Å². The van der Waals surface area contributed by atoms with E-state index in [9.17, 15) is 9.90 Å². The molecule has 0 aromatic heterocycles. The molecule has 3 atom stereocenters. The highest BCUT2D eigenvalue weighted by atomic mass is 16.5. The van der Waals surface area contributed by atoms with E-state index < -0.39 is 30.3 Å². The van der Waals surface area contributed by atoms with Crippen LogP contribution in [-0.2, 0) is 9.53 Å². The molecule has 0 saturated carbocycles. The molecule has 0 fully saturated rings. The van der Waals surface area contributed by atoms with E-state index in [1.165, 1.54) is 0 Å². The van der Waals surface area contributed by atoms with Crippen LogP contribution in [0.3, 0.4) is 0 Å². The van der Waals surface area contributed by atoms with Crippen molar-refractivity contribution in [1.29, 1.82) is 0 Å². The molecule has 0 saturated heterocycles. The van der Waals surface area contributed by atoms with E-state index in [1.54, 1.807) is 54.6 Å². The van der Waals surface area contributed by atoms with Gasteiger partial charge in [-0.25, -0.2) is 4.99 Å². The molecule has 0 bridgehead atoms. The Bertz CT molecular complexity index is 1130. The molecule has 4 N–H and O–H groups in total. The number of hydrogen-bond donors (Lipinski definition) is 4. The number of nitrogens with zero attached hydrogens (tertiary/aromatic N) is 4. The smallest absolute Gasteiger partial charge is 0.252 e. The zero-order valence-electron chi connectivity index (χ0n) is 19.7. The molecule has 1 aliphatic heterocycles. The lowest BCUT2D eigenvalue weighted by Gasteiger charge is -2.30. The zero-order chi connectivity index (χ0) is 26.0. The first-order valence-corrected chi connectivity index (χ1v) is 11.4. The minimum Gasteiger partial charge on any atom is -0.494 e. The Hall–Kier alpha value is -3.89. The fourth-order valence-corrected chi connectivity index (χ4v) is 3.79. The maximum Gasteiger partial charge on any atom is 0.252 e. The summed E-state index contributed by atoms with van der Waals surface area (Å²) in [6.45, 7) is 3.48. The molecule has 11 heteroatoms. The van der Waals surface area contributed by atoms with Crippen molar-refractivity contribution in [3.05, 3.63) is 82.8 Å². The monoisotopic (exact) mass is 495 g/mol. The number of hydrogen-bond acceptors (Lipinski definition) is 8. The second-order valence-electron chi connectivity index (χ2n) is 8.08. The van der Waals surface area contributed by atoms with Gasteiger partial charge in [0.15, 0.2) is 11.6 Å². The topological polar surface area (TPSA) is 169 Å². The highest BCUT2D eigenvalue weighted by molar-refractivity contribution is 6.01. The molecule has 0 radical (unpaired) electrons. The highest BCUT2D eigenvalue weighted by Crippen LogP contribution is 2.45. The maximum absolute atomic E-state index is 13.5. The number of amides is 1. The van der Waals surface area contributed by atoms with Gasteiger partial charge in [0.1, 0.15) is 5.75 Å². The summed E-state index contributed by atoms with van der Waals surface area (Å²) < 4.78 is 11.8. The molecule has 2 aromatic rings. The van der Waals surface area contributed by atoms with Gasteiger partial charge < -0.3 is 30.1 Å². The number of carbonyl (C=O) groups is 1. The molecule has 36 heavy (non-hydrogen) atoms. The standard InChI is InChI=1S/C25H29N5O6/c1-2-12-25(24(34)27-15-18(33)16-32)22(20-6-3-4-7-21(20)29-30-26)36-23(28-25)17-8-10-19(11-9-17)35-14-5-13-31/h2-4,6-11,18,22,31-33H,1,5,12-16H2,(H,27,34)/t18?,22-,25-/m0/s1. The average molecular weight is 496 g/mol. The van der Waals surface area contributed by atoms with Crippen LogP contribution >= 0.6 is 0 Å². The molecule has 11 nitrogen and oxygen atoms in total. The van der Waals surface area contributed by atoms with E-state index in [0.717, 1.165) is 0 Å². The summed E-state index contributed by atoms with van der Waals surface area (Å²) >= 11 is 0. The zero-order valence-corrected chi connectivity index (χ0v) is 19.7. The molecule has 1 heterocycles. The predicted molar refractivity (Wildman–Crippen MR) is 133 cm³/mol. The van der Waals surface area contributed by atoms with Crippen molar-refractivity contribution in [3.8, 4) is 5.75 Å². The van der Waals surface area contributed by atoms with Gasteiger partial charge in [-0.3, -0.25) is 4.79 Å². The first-order chi connectivity index (χ1) is 17.5. The van der Waals surface area contributed by atoms with Crippen LogP contribution in [0.1, 0.15) is 30.1 Å². The number of azide groups is 1. The van der Waals surface area contributed by atoms with Crippen LogP contribution in [0.5, 0.6) is 5.75 Å². The molecular formula is C25H29N5O6. The first kappa shape index (κ1) is 26.7. The molecular weight excluding hydrogens is 466 g/mol. The van der Waals surface area contributed by atoms with Crippen molar-refractivity contribution in [3.63, 3.8) is 0 Å². The van der Waals surface area contributed by atoms with Gasteiger partial charge in [-0.05, 0) is 29.8 Å². The maximum atomic E-state index is 13.5. The average Bonchev–Trinajstić information content (AvgIpc) is 3.28.